The number of hydrogen-bond donors (Lipinski definition) is 3. The molecular formula is C19H17Cl2N3O3. The molecule has 0 radical (unpaired) electrons. The maximum absolute atomic E-state index is 12.5. The van der Waals surface area contributed by atoms with E-state index < -0.39 is 23.8 Å². The fourth-order valence-electron chi connectivity index (χ4n) is 2.35. The number of hydrogen-bond acceptors (Lipinski definition) is 5. The van der Waals surface area contributed by atoms with Gasteiger partial charge in [0.1, 0.15) is 12.1 Å². The Morgan fingerprint density at radius 2 is 1.81 bits per heavy atom. The molecule has 1 amide bonds. The Morgan fingerprint density at radius 1 is 1.15 bits per heavy atom. The average Bonchev–Trinajstić information content (AvgIpc) is 2.67. The van der Waals surface area contributed by atoms with Crippen LogP contribution in [0, 0.1) is 11.3 Å². The van der Waals surface area contributed by atoms with Gasteiger partial charge in [0.25, 0.3) is 5.91 Å². The first-order valence-corrected chi connectivity index (χ1v) is 8.79. The van der Waals surface area contributed by atoms with E-state index >= 15 is 0 Å². The molecule has 0 spiro atoms. The highest BCUT2D eigenvalue weighted by atomic mass is 35.5. The number of aliphatic hydroxyl groups is 1. The minimum atomic E-state index is -1.06. The van der Waals surface area contributed by atoms with Gasteiger partial charge in [-0.2, -0.15) is 5.26 Å². The van der Waals surface area contributed by atoms with E-state index in [4.69, 9.17) is 28.5 Å². The standard InChI is InChI=1S/C19H17Cl2N3O3/c1-11(25)18(24-14-8-7-13(9-22)16(20)17(14)21)15(26)10-23-19(27)12-5-3-2-4-6-12/h2-8,11,18,24-25H,10H2,1H3,(H,23,27)/t11-,18+/m0/s1. The monoisotopic (exact) mass is 405 g/mol. The van der Waals surface area contributed by atoms with Crippen LogP contribution < -0.4 is 10.6 Å². The van der Waals surface area contributed by atoms with Gasteiger partial charge in [-0.15, -0.1) is 0 Å². The average molecular weight is 406 g/mol. The van der Waals surface area contributed by atoms with Crippen LogP contribution in [0.15, 0.2) is 42.5 Å². The molecule has 27 heavy (non-hydrogen) atoms. The Kier molecular flexibility index (Phi) is 7.19. The summed E-state index contributed by atoms with van der Waals surface area (Å²) in [6.45, 7) is 1.16. The van der Waals surface area contributed by atoms with E-state index in [1.165, 1.54) is 19.1 Å². The summed E-state index contributed by atoms with van der Waals surface area (Å²) in [7, 11) is 0. The van der Waals surface area contributed by atoms with Gasteiger partial charge >= 0.3 is 0 Å². The highest BCUT2D eigenvalue weighted by Gasteiger charge is 2.25. The van der Waals surface area contributed by atoms with Crippen LogP contribution in [0.5, 0.6) is 0 Å². The predicted octanol–water partition coefficient (Wildman–Crippen LogP) is 3.03. The molecule has 6 nitrogen and oxygen atoms in total. The quantitative estimate of drug-likeness (QED) is 0.656. The third kappa shape index (κ3) is 5.20. The van der Waals surface area contributed by atoms with Gasteiger partial charge in [0.05, 0.1) is 33.9 Å². The number of nitrogens with one attached hydrogen (secondary N) is 2. The number of rotatable bonds is 7. The molecule has 0 aliphatic carbocycles. The molecule has 0 fully saturated rings. The van der Waals surface area contributed by atoms with Crippen molar-refractivity contribution >= 4 is 40.6 Å². The number of nitrogens with zero attached hydrogens (tertiary/aromatic N) is 1. The fraction of sp³-hybridized carbons (Fsp3) is 0.211. The first-order chi connectivity index (χ1) is 12.8. The van der Waals surface area contributed by atoms with Gasteiger partial charge in [0.15, 0.2) is 5.78 Å². The van der Waals surface area contributed by atoms with Crippen molar-refractivity contribution in [2.24, 2.45) is 0 Å². The van der Waals surface area contributed by atoms with E-state index in [1.807, 2.05) is 6.07 Å². The van der Waals surface area contributed by atoms with Crippen molar-refractivity contribution < 1.29 is 14.7 Å². The van der Waals surface area contributed by atoms with E-state index in [0.717, 1.165) is 0 Å². The fourth-order valence-corrected chi connectivity index (χ4v) is 2.78. The predicted molar refractivity (Wildman–Crippen MR) is 104 cm³/mol. The molecule has 0 saturated carbocycles. The van der Waals surface area contributed by atoms with Crippen LogP contribution in [-0.4, -0.2) is 35.5 Å². The van der Waals surface area contributed by atoms with Gasteiger partial charge in [-0.3, -0.25) is 9.59 Å². The smallest absolute Gasteiger partial charge is 0.251 e. The zero-order valence-electron chi connectivity index (χ0n) is 14.4. The second-order valence-corrected chi connectivity index (χ2v) is 6.53. The maximum Gasteiger partial charge on any atom is 0.251 e. The lowest BCUT2D eigenvalue weighted by Crippen LogP contribution is -2.44. The van der Waals surface area contributed by atoms with Crippen molar-refractivity contribution in [3.05, 3.63) is 63.6 Å². The summed E-state index contributed by atoms with van der Waals surface area (Å²) in [6.07, 6.45) is -1.06. The topological polar surface area (TPSA) is 102 Å². The molecule has 2 rings (SSSR count). The Balaban J connectivity index is 2.09. The lowest BCUT2D eigenvalue weighted by atomic mass is 10.1. The zero-order valence-corrected chi connectivity index (χ0v) is 15.9. The molecule has 3 N–H and O–H groups in total. The molecule has 2 aromatic rings. The molecular weight excluding hydrogens is 389 g/mol. The summed E-state index contributed by atoms with van der Waals surface area (Å²) in [5.41, 5.74) is 0.922. The maximum atomic E-state index is 12.5. The summed E-state index contributed by atoms with van der Waals surface area (Å²) in [5, 5.41) is 24.4. The second kappa shape index (κ2) is 9.38. The zero-order chi connectivity index (χ0) is 20.0. The van der Waals surface area contributed by atoms with Gasteiger partial charge in [-0.1, -0.05) is 41.4 Å². The van der Waals surface area contributed by atoms with E-state index in [1.54, 1.807) is 30.3 Å². The number of carbonyl (C=O) groups is 2. The van der Waals surface area contributed by atoms with Crippen LogP contribution in [0.3, 0.4) is 0 Å². The van der Waals surface area contributed by atoms with Crippen LogP contribution in [0.2, 0.25) is 10.0 Å². The van der Waals surface area contributed by atoms with E-state index in [2.05, 4.69) is 10.6 Å². The van der Waals surface area contributed by atoms with Crippen LogP contribution >= 0.6 is 23.2 Å². The van der Waals surface area contributed by atoms with Crippen LogP contribution in [0.25, 0.3) is 0 Å². The molecule has 0 heterocycles. The summed E-state index contributed by atoms with van der Waals surface area (Å²) in [6, 6.07) is 12.3. The number of aliphatic hydroxyl groups excluding tert-OH is 1. The Hall–Kier alpha value is -2.59. The van der Waals surface area contributed by atoms with Gasteiger partial charge in [-0.25, -0.2) is 0 Å². The van der Waals surface area contributed by atoms with Crippen molar-refractivity contribution in [3.63, 3.8) is 0 Å². The number of anilines is 1. The Morgan fingerprint density at radius 3 is 2.41 bits per heavy atom. The van der Waals surface area contributed by atoms with Gasteiger partial charge in [0.2, 0.25) is 0 Å². The number of amides is 1. The summed E-state index contributed by atoms with van der Waals surface area (Å²) >= 11 is 12.1. The molecule has 0 saturated heterocycles. The van der Waals surface area contributed by atoms with Crippen molar-refractivity contribution in [2.75, 3.05) is 11.9 Å². The molecule has 0 unspecified atom stereocenters. The lowest BCUT2D eigenvalue weighted by molar-refractivity contribution is -0.120. The Bertz CT molecular complexity index is 880. The number of carbonyl (C=O) groups excluding carboxylic acids is 2. The molecule has 2 atom stereocenters. The van der Waals surface area contributed by atoms with Crippen molar-refractivity contribution in [1.29, 1.82) is 5.26 Å². The highest BCUT2D eigenvalue weighted by molar-refractivity contribution is 6.44. The van der Waals surface area contributed by atoms with Crippen LogP contribution in [0.4, 0.5) is 5.69 Å². The molecule has 2 aromatic carbocycles. The lowest BCUT2D eigenvalue weighted by Gasteiger charge is -2.22. The van der Waals surface area contributed by atoms with E-state index in [-0.39, 0.29) is 22.2 Å². The molecule has 0 aliphatic heterocycles. The van der Waals surface area contributed by atoms with Crippen LogP contribution in [0.1, 0.15) is 22.8 Å². The number of benzene rings is 2. The van der Waals surface area contributed by atoms with Gasteiger partial charge in [-0.05, 0) is 31.2 Å². The third-order valence-corrected chi connectivity index (χ3v) is 4.68. The number of Topliss-reactive ketones (excluding diaryl/α,β-unsaturated/α-hetero) is 1. The van der Waals surface area contributed by atoms with E-state index in [0.29, 0.717) is 11.3 Å². The summed E-state index contributed by atoms with van der Waals surface area (Å²) in [4.78, 5) is 24.5. The van der Waals surface area contributed by atoms with Crippen molar-refractivity contribution in [1.82, 2.24) is 5.32 Å². The van der Waals surface area contributed by atoms with Crippen molar-refractivity contribution in [3.8, 4) is 6.07 Å². The minimum absolute atomic E-state index is 0.0540. The SMILES string of the molecule is C[C@H](O)[C@@H](Nc1ccc(C#N)c(Cl)c1Cl)C(=O)CNC(=O)c1ccccc1. The summed E-state index contributed by atoms with van der Waals surface area (Å²) < 4.78 is 0. The highest BCUT2D eigenvalue weighted by Crippen LogP contribution is 2.33. The van der Waals surface area contributed by atoms with Gasteiger partial charge < -0.3 is 15.7 Å². The third-order valence-electron chi connectivity index (χ3n) is 3.80. The number of ketones is 1. The van der Waals surface area contributed by atoms with Crippen molar-refractivity contribution in [2.45, 2.75) is 19.1 Å². The molecule has 8 heteroatoms. The number of nitriles is 1. The first kappa shape index (κ1) is 20.7. The molecule has 0 aliphatic rings. The van der Waals surface area contributed by atoms with Gasteiger partial charge in [0, 0.05) is 5.56 Å². The largest absolute Gasteiger partial charge is 0.391 e. The molecule has 0 bridgehead atoms. The number of halogens is 2. The normalized spacial score (nSPS) is 12.6. The van der Waals surface area contributed by atoms with E-state index in [9.17, 15) is 14.7 Å². The first-order valence-electron chi connectivity index (χ1n) is 8.03. The molecule has 140 valence electrons. The molecule has 0 aromatic heterocycles. The van der Waals surface area contributed by atoms with Crippen LogP contribution in [-0.2, 0) is 4.79 Å². The second-order valence-electron chi connectivity index (χ2n) is 5.78. The summed E-state index contributed by atoms with van der Waals surface area (Å²) in [5.74, 6) is -0.835. The minimum Gasteiger partial charge on any atom is -0.391 e. The Labute approximate surface area is 166 Å².